The monoisotopic (exact) mass is 282 g/mol. The van der Waals surface area contributed by atoms with E-state index in [1.807, 2.05) is 30.3 Å². The van der Waals surface area contributed by atoms with E-state index in [0.29, 0.717) is 5.56 Å². The molecule has 0 aliphatic heterocycles. The van der Waals surface area contributed by atoms with Crippen LogP contribution >= 0.6 is 0 Å². The van der Waals surface area contributed by atoms with Crippen molar-refractivity contribution in [1.29, 1.82) is 0 Å². The first kappa shape index (κ1) is 13.5. The van der Waals surface area contributed by atoms with E-state index in [4.69, 9.17) is 10.5 Å². The Morgan fingerprint density at radius 1 is 1.14 bits per heavy atom. The van der Waals surface area contributed by atoms with Gasteiger partial charge < -0.3 is 10.5 Å². The van der Waals surface area contributed by atoms with Crippen LogP contribution in [0.25, 0.3) is 10.8 Å². The normalized spacial score (nSPS) is 12.3. The first-order valence-corrected chi connectivity index (χ1v) is 6.63. The Balaban J connectivity index is 2.08. The van der Waals surface area contributed by atoms with Crippen LogP contribution in [0.15, 0.2) is 54.7 Å². The van der Waals surface area contributed by atoms with Crippen LogP contribution < -0.4 is 10.5 Å². The Kier molecular flexibility index (Phi) is 3.54. The molecule has 1 atom stereocenters. The zero-order valence-corrected chi connectivity index (χ0v) is 11.6. The van der Waals surface area contributed by atoms with Gasteiger partial charge in [-0.25, -0.2) is 4.39 Å². The minimum atomic E-state index is -0.489. The summed E-state index contributed by atoms with van der Waals surface area (Å²) in [4.78, 5) is 4.38. The predicted octanol–water partition coefficient (Wildman–Crippen LogP) is 3.43. The van der Waals surface area contributed by atoms with Crippen molar-refractivity contribution < 1.29 is 9.13 Å². The molecule has 4 heteroatoms. The third kappa shape index (κ3) is 2.45. The molecular formula is C17H15FN2O. The van der Waals surface area contributed by atoms with E-state index < -0.39 is 11.9 Å². The van der Waals surface area contributed by atoms with E-state index in [9.17, 15) is 4.39 Å². The van der Waals surface area contributed by atoms with Gasteiger partial charge in [-0.2, -0.15) is 0 Å². The smallest absolute Gasteiger partial charge is 0.165 e. The standard InChI is InChI=1S/C17H15FN2O/c1-21-15-7-6-12(10-14(15)18)16(19)17-13-5-3-2-4-11(13)8-9-20-17/h2-10,16H,19H2,1H3. The number of nitrogens with zero attached hydrogens (tertiary/aromatic N) is 1. The van der Waals surface area contributed by atoms with Crippen LogP contribution in [0.1, 0.15) is 17.3 Å². The summed E-state index contributed by atoms with van der Waals surface area (Å²) in [5.41, 5.74) is 7.67. The van der Waals surface area contributed by atoms with Crippen molar-refractivity contribution in [2.75, 3.05) is 7.11 Å². The number of benzene rings is 2. The molecule has 2 N–H and O–H groups in total. The predicted molar refractivity (Wildman–Crippen MR) is 80.7 cm³/mol. The largest absolute Gasteiger partial charge is 0.494 e. The maximum atomic E-state index is 13.8. The summed E-state index contributed by atoms with van der Waals surface area (Å²) in [6.45, 7) is 0. The number of ether oxygens (including phenoxy) is 1. The Hall–Kier alpha value is -2.46. The van der Waals surface area contributed by atoms with Crippen LogP contribution in [-0.2, 0) is 0 Å². The van der Waals surface area contributed by atoms with Gasteiger partial charge in [0.05, 0.1) is 18.8 Å². The van der Waals surface area contributed by atoms with Gasteiger partial charge in [-0.05, 0) is 29.1 Å². The molecule has 0 aliphatic carbocycles. The molecule has 106 valence electrons. The molecule has 3 rings (SSSR count). The molecule has 1 aromatic heterocycles. The van der Waals surface area contributed by atoms with E-state index in [2.05, 4.69) is 4.98 Å². The zero-order chi connectivity index (χ0) is 14.8. The fourth-order valence-corrected chi connectivity index (χ4v) is 2.42. The highest BCUT2D eigenvalue weighted by molar-refractivity contribution is 5.85. The Labute approximate surface area is 122 Å². The van der Waals surface area contributed by atoms with Gasteiger partial charge in [0.2, 0.25) is 0 Å². The lowest BCUT2D eigenvalue weighted by Gasteiger charge is -2.15. The first-order chi connectivity index (χ1) is 10.2. The maximum Gasteiger partial charge on any atom is 0.165 e. The van der Waals surface area contributed by atoms with Crippen molar-refractivity contribution in [2.24, 2.45) is 5.73 Å². The molecule has 0 saturated heterocycles. The fraction of sp³-hybridized carbons (Fsp3) is 0.118. The topological polar surface area (TPSA) is 48.1 Å². The van der Waals surface area contributed by atoms with Crippen LogP contribution in [0.2, 0.25) is 0 Å². The van der Waals surface area contributed by atoms with E-state index in [1.165, 1.54) is 13.2 Å². The van der Waals surface area contributed by atoms with Gasteiger partial charge in [0.1, 0.15) is 0 Å². The molecule has 0 fully saturated rings. The van der Waals surface area contributed by atoms with Gasteiger partial charge in [-0.1, -0.05) is 30.3 Å². The van der Waals surface area contributed by atoms with Gasteiger partial charge in [-0.15, -0.1) is 0 Å². The Morgan fingerprint density at radius 3 is 2.71 bits per heavy atom. The summed E-state index contributed by atoms with van der Waals surface area (Å²) < 4.78 is 18.8. The lowest BCUT2D eigenvalue weighted by atomic mass is 9.99. The molecule has 0 radical (unpaired) electrons. The molecule has 1 heterocycles. The second kappa shape index (κ2) is 5.50. The minimum Gasteiger partial charge on any atom is -0.494 e. The molecule has 0 aliphatic rings. The number of methoxy groups -OCH3 is 1. The van der Waals surface area contributed by atoms with E-state index in [-0.39, 0.29) is 5.75 Å². The lowest BCUT2D eigenvalue weighted by molar-refractivity contribution is 0.386. The SMILES string of the molecule is COc1ccc(C(N)c2nccc3ccccc23)cc1F. The average molecular weight is 282 g/mol. The summed E-state index contributed by atoms with van der Waals surface area (Å²) >= 11 is 0. The molecule has 0 spiro atoms. The van der Waals surface area contributed by atoms with Crippen molar-refractivity contribution in [2.45, 2.75) is 6.04 Å². The van der Waals surface area contributed by atoms with Crippen LogP contribution in [0, 0.1) is 5.82 Å². The number of rotatable bonds is 3. The second-order valence-corrected chi connectivity index (χ2v) is 4.79. The number of pyridine rings is 1. The lowest BCUT2D eigenvalue weighted by Crippen LogP contribution is -2.14. The fourth-order valence-electron chi connectivity index (χ4n) is 2.42. The number of aromatic nitrogens is 1. The van der Waals surface area contributed by atoms with Gasteiger partial charge >= 0.3 is 0 Å². The van der Waals surface area contributed by atoms with Crippen LogP contribution in [-0.4, -0.2) is 12.1 Å². The second-order valence-electron chi connectivity index (χ2n) is 4.79. The van der Waals surface area contributed by atoms with Crippen molar-refractivity contribution in [3.8, 4) is 5.75 Å². The zero-order valence-electron chi connectivity index (χ0n) is 11.6. The third-order valence-electron chi connectivity index (χ3n) is 3.53. The third-order valence-corrected chi connectivity index (χ3v) is 3.53. The minimum absolute atomic E-state index is 0.205. The van der Waals surface area contributed by atoms with Crippen molar-refractivity contribution >= 4 is 10.8 Å². The van der Waals surface area contributed by atoms with Gasteiger partial charge in [0, 0.05) is 11.6 Å². The molecule has 1 unspecified atom stereocenters. The Morgan fingerprint density at radius 2 is 1.95 bits per heavy atom. The highest BCUT2D eigenvalue weighted by Crippen LogP contribution is 2.27. The highest BCUT2D eigenvalue weighted by atomic mass is 19.1. The average Bonchev–Trinajstić information content (AvgIpc) is 2.53. The maximum absolute atomic E-state index is 13.8. The summed E-state index contributed by atoms with van der Waals surface area (Å²) in [7, 11) is 1.43. The molecule has 0 amide bonds. The number of fused-ring (bicyclic) bond motifs is 1. The Bertz CT molecular complexity index is 783. The van der Waals surface area contributed by atoms with Gasteiger partial charge in [-0.3, -0.25) is 4.98 Å². The molecule has 3 aromatic rings. The quantitative estimate of drug-likeness (QED) is 0.800. The van der Waals surface area contributed by atoms with Crippen molar-refractivity contribution in [1.82, 2.24) is 4.98 Å². The molecule has 3 nitrogen and oxygen atoms in total. The van der Waals surface area contributed by atoms with Gasteiger partial charge in [0.25, 0.3) is 0 Å². The molecular weight excluding hydrogens is 267 g/mol. The van der Waals surface area contributed by atoms with Gasteiger partial charge in [0.15, 0.2) is 11.6 Å². The summed E-state index contributed by atoms with van der Waals surface area (Å²) in [5, 5.41) is 2.04. The van der Waals surface area contributed by atoms with E-state index >= 15 is 0 Å². The molecule has 2 aromatic carbocycles. The summed E-state index contributed by atoms with van der Waals surface area (Å²) in [5.74, 6) is -0.220. The molecule has 0 bridgehead atoms. The highest BCUT2D eigenvalue weighted by Gasteiger charge is 2.15. The van der Waals surface area contributed by atoms with Crippen molar-refractivity contribution in [3.63, 3.8) is 0 Å². The summed E-state index contributed by atoms with van der Waals surface area (Å²) in [6, 6.07) is 14.0. The number of halogens is 1. The summed E-state index contributed by atoms with van der Waals surface area (Å²) in [6.07, 6.45) is 1.72. The van der Waals surface area contributed by atoms with Crippen LogP contribution in [0.4, 0.5) is 4.39 Å². The van der Waals surface area contributed by atoms with E-state index in [1.54, 1.807) is 18.3 Å². The van der Waals surface area contributed by atoms with E-state index in [0.717, 1.165) is 16.5 Å². The number of hydrogen-bond donors (Lipinski definition) is 1. The van der Waals surface area contributed by atoms with Crippen LogP contribution in [0.5, 0.6) is 5.75 Å². The number of hydrogen-bond acceptors (Lipinski definition) is 3. The number of nitrogens with two attached hydrogens (primary N) is 1. The van der Waals surface area contributed by atoms with Crippen LogP contribution in [0.3, 0.4) is 0 Å². The first-order valence-electron chi connectivity index (χ1n) is 6.63. The van der Waals surface area contributed by atoms with Crippen molar-refractivity contribution in [3.05, 3.63) is 71.8 Å². The molecule has 0 saturated carbocycles. The molecule has 21 heavy (non-hydrogen) atoms.